The van der Waals surface area contributed by atoms with Gasteiger partial charge < -0.3 is 10.4 Å². The van der Waals surface area contributed by atoms with Gasteiger partial charge in [0, 0.05) is 19.0 Å². The van der Waals surface area contributed by atoms with Gasteiger partial charge in [0.15, 0.2) is 0 Å². The standard InChI is InChI=1S/C14H16N2O.C9H9FNO3P/c1-10-5-4-6-12(7-10)8-13-11(2)9-15-16(3)14(13)17;10-5-2-1-3-6(15)8(5)9(14)11-4-7(12)13/h4-7,9H,8H2,1-3H3;1-3H,4,15H2,(H,11,14)(H,12,13). The number of carboxylic acids is 1. The van der Waals surface area contributed by atoms with Crippen LogP contribution in [-0.2, 0) is 18.3 Å². The number of carboxylic acid groups (broad SMARTS) is 1. The Morgan fingerprint density at radius 2 is 1.88 bits per heavy atom. The molecule has 0 aliphatic heterocycles. The molecule has 0 radical (unpaired) electrons. The van der Waals surface area contributed by atoms with Crippen molar-refractivity contribution in [3.05, 3.63) is 92.6 Å². The number of aryl methyl sites for hydroxylation is 3. The Bertz CT molecular complexity index is 1170. The van der Waals surface area contributed by atoms with E-state index in [9.17, 15) is 18.8 Å². The molecule has 3 rings (SSSR count). The lowest BCUT2D eigenvalue weighted by Crippen LogP contribution is -2.32. The molecule has 0 aliphatic carbocycles. The lowest BCUT2D eigenvalue weighted by Gasteiger charge is -2.07. The number of carbonyl (C=O) groups is 2. The van der Waals surface area contributed by atoms with Gasteiger partial charge in [0.25, 0.3) is 11.5 Å². The van der Waals surface area contributed by atoms with Crippen LogP contribution in [0.2, 0.25) is 0 Å². The largest absolute Gasteiger partial charge is 0.480 e. The van der Waals surface area contributed by atoms with E-state index in [0.717, 1.165) is 22.8 Å². The lowest BCUT2D eigenvalue weighted by atomic mass is 10.0. The van der Waals surface area contributed by atoms with Crippen LogP contribution in [0.5, 0.6) is 0 Å². The third-order valence-electron chi connectivity index (χ3n) is 4.59. The molecule has 1 aromatic heterocycles. The number of halogens is 1. The first-order valence-electron chi connectivity index (χ1n) is 9.71. The zero-order valence-electron chi connectivity index (χ0n) is 18.1. The van der Waals surface area contributed by atoms with E-state index in [2.05, 4.69) is 38.7 Å². The van der Waals surface area contributed by atoms with Crippen LogP contribution in [0.25, 0.3) is 0 Å². The van der Waals surface area contributed by atoms with Gasteiger partial charge in [-0.1, -0.05) is 42.0 Å². The van der Waals surface area contributed by atoms with Gasteiger partial charge >= 0.3 is 5.97 Å². The van der Waals surface area contributed by atoms with Crippen molar-refractivity contribution >= 4 is 26.4 Å². The van der Waals surface area contributed by atoms with Gasteiger partial charge in [-0.15, -0.1) is 9.24 Å². The third kappa shape index (κ3) is 6.82. The molecule has 0 aliphatic rings. The Kier molecular flexibility index (Phi) is 8.79. The number of amides is 1. The monoisotopic (exact) mass is 457 g/mol. The van der Waals surface area contributed by atoms with Gasteiger partial charge in [0.05, 0.1) is 11.8 Å². The minimum atomic E-state index is -1.18. The Balaban J connectivity index is 0.000000229. The molecule has 0 fully saturated rings. The highest BCUT2D eigenvalue weighted by molar-refractivity contribution is 7.27. The molecule has 32 heavy (non-hydrogen) atoms. The molecule has 168 valence electrons. The molecule has 2 N–H and O–H groups in total. The van der Waals surface area contributed by atoms with E-state index in [-0.39, 0.29) is 11.1 Å². The fourth-order valence-electron chi connectivity index (χ4n) is 2.93. The number of aromatic nitrogens is 2. The molecular formula is C23H25FN3O4P. The summed E-state index contributed by atoms with van der Waals surface area (Å²) in [4.78, 5) is 33.5. The molecule has 1 unspecified atom stereocenters. The Labute approximate surface area is 187 Å². The molecule has 1 heterocycles. The Hall–Kier alpha value is -3.38. The summed E-state index contributed by atoms with van der Waals surface area (Å²) in [6.45, 7) is 3.46. The van der Waals surface area contributed by atoms with Crippen LogP contribution in [0.4, 0.5) is 4.39 Å². The molecule has 0 bridgehead atoms. The first-order chi connectivity index (χ1) is 15.1. The minimum absolute atomic E-state index is 0.00786. The normalized spacial score (nSPS) is 10.2. The predicted molar refractivity (Wildman–Crippen MR) is 124 cm³/mol. The number of aliphatic carboxylic acids is 1. The smallest absolute Gasteiger partial charge is 0.322 e. The number of nitrogens with one attached hydrogen (secondary N) is 1. The van der Waals surface area contributed by atoms with Crippen molar-refractivity contribution in [1.82, 2.24) is 15.1 Å². The minimum Gasteiger partial charge on any atom is -0.480 e. The summed E-state index contributed by atoms with van der Waals surface area (Å²) >= 11 is 0. The van der Waals surface area contributed by atoms with E-state index >= 15 is 0 Å². The summed E-state index contributed by atoms with van der Waals surface area (Å²) in [6, 6.07) is 12.4. The van der Waals surface area contributed by atoms with Crippen LogP contribution in [-0.4, -0.2) is 33.3 Å². The maximum absolute atomic E-state index is 13.2. The molecule has 1 amide bonds. The summed E-state index contributed by atoms with van der Waals surface area (Å²) < 4.78 is 14.6. The second-order valence-electron chi connectivity index (χ2n) is 7.18. The number of benzene rings is 2. The number of nitrogens with zero attached hydrogens (tertiary/aromatic N) is 2. The van der Waals surface area contributed by atoms with Crippen molar-refractivity contribution in [1.29, 1.82) is 0 Å². The SMILES string of the molecule is Cc1cccc(Cc2c(C)cnn(C)c2=O)c1.O=C(O)CNC(=O)c1c(F)cccc1P. The van der Waals surface area contributed by atoms with Gasteiger partial charge in [0.1, 0.15) is 12.4 Å². The van der Waals surface area contributed by atoms with Crippen LogP contribution in [0.3, 0.4) is 0 Å². The molecule has 7 nitrogen and oxygen atoms in total. The molecular weight excluding hydrogens is 432 g/mol. The fraction of sp³-hybridized carbons (Fsp3) is 0.217. The zero-order chi connectivity index (χ0) is 23.8. The van der Waals surface area contributed by atoms with E-state index in [1.165, 1.54) is 16.3 Å². The summed E-state index contributed by atoms with van der Waals surface area (Å²) in [5.41, 5.74) is 4.00. The molecule has 0 saturated heterocycles. The van der Waals surface area contributed by atoms with Crippen LogP contribution in [0, 0.1) is 19.7 Å². The maximum Gasteiger partial charge on any atom is 0.322 e. The van der Waals surface area contributed by atoms with Crippen molar-refractivity contribution in [3.8, 4) is 0 Å². The van der Waals surface area contributed by atoms with Gasteiger partial charge in [0.2, 0.25) is 0 Å². The Morgan fingerprint density at radius 3 is 2.50 bits per heavy atom. The number of rotatable bonds is 5. The van der Waals surface area contributed by atoms with E-state index in [0.29, 0.717) is 11.7 Å². The van der Waals surface area contributed by atoms with E-state index in [4.69, 9.17) is 5.11 Å². The highest BCUT2D eigenvalue weighted by Crippen LogP contribution is 2.11. The second kappa shape index (κ2) is 11.3. The first-order valence-corrected chi connectivity index (χ1v) is 10.3. The van der Waals surface area contributed by atoms with Crippen molar-refractivity contribution < 1.29 is 19.1 Å². The van der Waals surface area contributed by atoms with Gasteiger partial charge in [-0.05, 0) is 36.3 Å². The molecule has 3 aromatic rings. The summed E-state index contributed by atoms with van der Waals surface area (Å²) in [5.74, 6) is -2.59. The van der Waals surface area contributed by atoms with Gasteiger partial charge in [-0.3, -0.25) is 14.4 Å². The van der Waals surface area contributed by atoms with Crippen LogP contribution < -0.4 is 16.2 Å². The predicted octanol–water partition coefficient (Wildman–Crippen LogP) is 2.13. The summed E-state index contributed by atoms with van der Waals surface area (Å²) in [7, 11) is 3.90. The van der Waals surface area contributed by atoms with E-state index in [1.54, 1.807) is 19.3 Å². The number of hydrogen-bond donors (Lipinski definition) is 2. The van der Waals surface area contributed by atoms with Gasteiger partial charge in [-0.25, -0.2) is 9.07 Å². The average Bonchev–Trinajstić information content (AvgIpc) is 2.73. The summed E-state index contributed by atoms with van der Waals surface area (Å²) in [6.07, 6.45) is 2.41. The number of hydrogen-bond acceptors (Lipinski definition) is 4. The highest BCUT2D eigenvalue weighted by atomic mass is 31.0. The summed E-state index contributed by atoms with van der Waals surface area (Å²) in [5, 5.41) is 14.8. The fourth-order valence-corrected chi connectivity index (χ4v) is 3.31. The van der Waals surface area contributed by atoms with E-state index < -0.39 is 24.2 Å². The van der Waals surface area contributed by atoms with Crippen molar-refractivity contribution in [2.75, 3.05) is 6.54 Å². The molecule has 1 atom stereocenters. The van der Waals surface area contributed by atoms with E-state index in [1.807, 2.05) is 19.1 Å². The first kappa shape index (κ1) is 24.9. The lowest BCUT2D eigenvalue weighted by molar-refractivity contribution is -0.135. The van der Waals surface area contributed by atoms with Crippen molar-refractivity contribution in [2.24, 2.45) is 7.05 Å². The number of carbonyl (C=O) groups excluding carboxylic acids is 1. The molecule has 9 heteroatoms. The topological polar surface area (TPSA) is 101 Å². The van der Waals surface area contributed by atoms with Crippen LogP contribution in [0.15, 0.2) is 53.5 Å². The highest BCUT2D eigenvalue weighted by Gasteiger charge is 2.14. The second-order valence-corrected chi connectivity index (χ2v) is 7.80. The zero-order valence-corrected chi connectivity index (χ0v) is 19.2. The van der Waals surface area contributed by atoms with Crippen molar-refractivity contribution in [2.45, 2.75) is 20.3 Å². The molecule has 0 saturated carbocycles. The molecule has 2 aromatic carbocycles. The third-order valence-corrected chi connectivity index (χ3v) is 5.07. The quantitative estimate of drug-likeness (QED) is 0.572. The Morgan fingerprint density at radius 1 is 1.19 bits per heavy atom. The van der Waals surface area contributed by atoms with Gasteiger partial charge in [-0.2, -0.15) is 5.10 Å². The maximum atomic E-state index is 13.2. The molecule has 0 spiro atoms. The van der Waals surface area contributed by atoms with Crippen molar-refractivity contribution in [3.63, 3.8) is 0 Å². The van der Waals surface area contributed by atoms with Crippen LogP contribution >= 0.6 is 9.24 Å². The van der Waals surface area contributed by atoms with Crippen LogP contribution in [0.1, 0.15) is 32.6 Å². The average molecular weight is 457 g/mol.